The Balaban J connectivity index is 1.36. The summed E-state index contributed by atoms with van der Waals surface area (Å²) in [6.07, 6.45) is 8.75. The molecule has 12 rings (SSSR count). The molecule has 12 saturated carbocycles. The van der Waals surface area contributed by atoms with Crippen LogP contribution in [-0.2, 0) is 0 Å². The third-order valence-corrected chi connectivity index (χ3v) is 15.3. The highest BCUT2D eigenvalue weighted by Gasteiger charge is 3.32. The van der Waals surface area contributed by atoms with E-state index in [1.165, 1.54) is 59.2 Å². The Morgan fingerprint density at radius 3 is 2.05 bits per heavy atom. The van der Waals surface area contributed by atoms with Gasteiger partial charge in [0, 0.05) is 0 Å². The maximum atomic E-state index is 1.79. The third kappa shape index (κ3) is 0.247. The van der Waals surface area contributed by atoms with Gasteiger partial charge in [-0.15, -0.1) is 0 Å². The normalized spacial score (nSPS) is 112. The van der Waals surface area contributed by atoms with Crippen molar-refractivity contribution in [2.75, 3.05) is 0 Å². The highest BCUT2D eigenvalue weighted by atomic mass is 15.3. The van der Waals surface area contributed by atoms with Crippen LogP contribution in [0.5, 0.6) is 0 Å². The Bertz CT molecular complexity index is 857. The van der Waals surface area contributed by atoms with Gasteiger partial charge in [-0.05, 0) is 124 Å². The fourth-order valence-electron chi connectivity index (χ4n) is 17.8. The van der Waals surface area contributed by atoms with Crippen molar-refractivity contribution >= 4 is 0 Å². The zero-order valence-corrected chi connectivity index (χ0v) is 12.3. The van der Waals surface area contributed by atoms with Gasteiger partial charge in [-0.3, -0.25) is 0 Å². The smallest absolute Gasteiger partial charge is 0.00575 e. The monoisotopic (exact) mass is 272 g/mol. The predicted molar refractivity (Wildman–Crippen MR) is 72.6 cm³/mol. The van der Waals surface area contributed by atoms with E-state index >= 15 is 0 Å². The molecular weight excluding hydrogens is 252 g/mol. The molecule has 0 nitrogen and oxygen atoms in total. The summed E-state index contributed by atoms with van der Waals surface area (Å²) in [5, 5.41) is 0. The molecule has 0 N–H and O–H groups in total. The molecule has 0 heteroatoms. The van der Waals surface area contributed by atoms with Crippen molar-refractivity contribution in [2.45, 2.75) is 32.1 Å². The first kappa shape index (κ1) is 8.20. The lowest BCUT2D eigenvalue weighted by atomic mass is 8.71. The van der Waals surface area contributed by atoms with Crippen LogP contribution in [0.15, 0.2) is 0 Å². The van der Waals surface area contributed by atoms with E-state index < -0.39 is 0 Å². The van der Waals surface area contributed by atoms with Crippen molar-refractivity contribution in [3.8, 4) is 0 Å². The van der Waals surface area contributed by atoms with Gasteiger partial charge in [0.05, 0.1) is 0 Å². The largest absolute Gasteiger partial charge is 0.0464 e. The first-order valence-electron chi connectivity index (χ1n) is 10.4. The van der Waals surface area contributed by atoms with Gasteiger partial charge in [-0.2, -0.15) is 0 Å². The predicted octanol–water partition coefficient (Wildman–Crippen LogP) is 3.18. The van der Waals surface area contributed by atoms with Crippen molar-refractivity contribution in [2.24, 2.45) is 91.7 Å². The summed E-state index contributed by atoms with van der Waals surface area (Å²) in [5.41, 5.74) is 6.47. The Morgan fingerprint density at radius 1 is 0.524 bits per heavy atom. The van der Waals surface area contributed by atoms with Crippen LogP contribution in [0, 0.1) is 91.7 Å². The highest BCUT2D eigenvalue weighted by Crippen LogP contribution is 3.35. The second kappa shape index (κ2) is 1.43. The summed E-state index contributed by atoms with van der Waals surface area (Å²) < 4.78 is 0. The average Bonchev–Trinajstić information content (AvgIpc) is 2.83. The first-order valence-corrected chi connectivity index (χ1v) is 10.4. The van der Waals surface area contributed by atoms with E-state index in [4.69, 9.17) is 0 Å². The van der Waals surface area contributed by atoms with Gasteiger partial charge in [-0.25, -0.2) is 0 Å². The van der Waals surface area contributed by atoms with Crippen LogP contribution in [0.4, 0.5) is 0 Å². The zero-order chi connectivity index (χ0) is 12.3. The van der Waals surface area contributed by atoms with Gasteiger partial charge < -0.3 is 0 Å². The van der Waals surface area contributed by atoms with Crippen molar-refractivity contribution in [3.63, 3.8) is 0 Å². The second-order valence-electron chi connectivity index (χ2n) is 12.4. The molecule has 0 amide bonds. The Hall–Kier alpha value is 0. The number of hydrogen-bond acceptors (Lipinski definition) is 0. The zero-order valence-electron chi connectivity index (χ0n) is 12.3. The lowest BCUT2D eigenvalue weighted by Crippen LogP contribution is -3.29. The standard InChI is InChI=1S/C21H20/c1-6-5-16-10(1)14-12-3-8-9-4-13-15-11-2-7(6)17(11,16)21(15)19(9,13)18(8,12)20(14,16)21/h6-15H,1-5H2. The molecule has 0 aromatic rings. The van der Waals surface area contributed by atoms with Gasteiger partial charge >= 0.3 is 0 Å². The maximum absolute atomic E-state index is 1.79. The van der Waals surface area contributed by atoms with E-state index in [-0.39, 0.29) is 0 Å². The van der Waals surface area contributed by atoms with E-state index in [1.54, 1.807) is 32.1 Å². The van der Waals surface area contributed by atoms with E-state index in [2.05, 4.69) is 0 Å². The van der Waals surface area contributed by atoms with Crippen LogP contribution in [-0.4, -0.2) is 0 Å². The van der Waals surface area contributed by atoms with Gasteiger partial charge in [0.2, 0.25) is 0 Å². The summed E-state index contributed by atoms with van der Waals surface area (Å²) in [6.45, 7) is 0. The van der Waals surface area contributed by atoms with Gasteiger partial charge in [-0.1, -0.05) is 0 Å². The minimum Gasteiger partial charge on any atom is -0.0464 e. The quantitative estimate of drug-likeness (QED) is 0.635. The topological polar surface area (TPSA) is 0 Å². The molecule has 104 valence electrons. The Labute approximate surface area is 124 Å². The molecule has 21 heavy (non-hydrogen) atoms. The van der Waals surface area contributed by atoms with Gasteiger partial charge in [0.25, 0.3) is 0 Å². The van der Waals surface area contributed by atoms with Crippen LogP contribution in [0.25, 0.3) is 0 Å². The molecule has 0 aromatic heterocycles. The lowest BCUT2D eigenvalue weighted by Gasteiger charge is -3.32. The summed E-state index contributed by atoms with van der Waals surface area (Å²) >= 11 is 0. The van der Waals surface area contributed by atoms with Crippen LogP contribution in [0.1, 0.15) is 32.1 Å². The molecule has 0 radical (unpaired) electrons. The van der Waals surface area contributed by atoms with Crippen molar-refractivity contribution in [1.29, 1.82) is 0 Å². The molecule has 12 aliphatic carbocycles. The van der Waals surface area contributed by atoms with E-state index in [0.29, 0.717) is 0 Å². The van der Waals surface area contributed by atoms with Crippen LogP contribution >= 0.6 is 0 Å². The SMILES string of the molecule is C1C2CC34C1C1C5CC6C7CC8C9C%10CC2C%103C92C78C65C142. The Morgan fingerprint density at radius 2 is 1.19 bits per heavy atom. The molecule has 0 heterocycles. The van der Waals surface area contributed by atoms with Crippen LogP contribution in [0.3, 0.4) is 0 Å². The molecule has 0 aliphatic heterocycles. The summed E-state index contributed by atoms with van der Waals surface area (Å²) in [4.78, 5) is 0. The number of rotatable bonds is 0. The molecule has 16 unspecified atom stereocenters. The summed E-state index contributed by atoms with van der Waals surface area (Å²) in [7, 11) is 0. The average molecular weight is 272 g/mol. The Kier molecular flexibility index (Phi) is 0.559. The molecule has 2 bridgehead atoms. The van der Waals surface area contributed by atoms with Crippen molar-refractivity contribution < 1.29 is 0 Å². The minimum absolute atomic E-state index is 1.05. The molecule has 12 aliphatic rings. The van der Waals surface area contributed by atoms with Gasteiger partial charge in [0.15, 0.2) is 0 Å². The van der Waals surface area contributed by atoms with E-state index in [1.807, 2.05) is 0 Å². The van der Waals surface area contributed by atoms with Crippen LogP contribution in [0.2, 0.25) is 0 Å². The van der Waals surface area contributed by atoms with Crippen molar-refractivity contribution in [3.05, 3.63) is 0 Å². The lowest BCUT2D eigenvalue weighted by molar-refractivity contribution is -0.863. The summed E-state index contributed by atoms with van der Waals surface area (Å²) in [6, 6.07) is 0. The van der Waals surface area contributed by atoms with E-state index in [0.717, 1.165) is 32.5 Å². The maximum Gasteiger partial charge on any atom is -0.00575 e. The summed E-state index contributed by atoms with van der Waals surface area (Å²) in [5.74, 6) is 13.1. The van der Waals surface area contributed by atoms with Crippen LogP contribution < -0.4 is 0 Å². The fraction of sp³-hybridized carbons (Fsp3) is 1.00. The highest BCUT2D eigenvalue weighted by molar-refractivity contribution is 5.78. The number of fused-ring (bicyclic) bond motifs is 7. The van der Waals surface area contributed by atoms with Crippen molar-refractivity contribution in [1.82, 2.24) is 0 Å². The molecule has 0 saturated heterocycles. The molecular formula is C21H20. The number of hydrogen-bond donors (Lipinski definition) is 0. The second-order valence-corrected chi connectivity index (χ2v) is 12.4. The molecule has 0 aromatic carbocycles. The molecule has 16 atom stereocenters. The fourth-order valence-corrected chi connectivity index (χ4v) is 17.8. The first-order chi connectivity index (χ1) is 10.4. The molecule has 12 fully saturated rings. The minimum atomic E-state index is 1.05. The van der Waals surface area contributed by atoms with E-state index in [9.17, 15) is 0 Å². The molecule has 6 spiro atoms. The third-order valence-electron chi connectivity index (χ3n) is 15.3. The van der Waals surface area contributed by atoms with Gasteiger partial charge in [0.1, 0.15) is 0 Å².